The van der Waals surface area contributed by atoms with Gasteiger partial charge in [-0.1, -0.05) is 26.0 Å². The molecule has 1 aromatic carbocycles. The Morgan fingerprint density at radius 3 is 2.52 bits per heavy atom. The topological polar surface area (TPSA) is 58.1 Å². The molecule has 2 N–H and O–H groups in total. The molecule has 0 spiro atoms. The van der Waals surface area contributed by atoms with E-state index in [1.165, 1.54) is 18.4 Å². The average Bonchev–Trinajstić information content (AvgIpc) is 2.74. The van der Waals surface area contributed by atoms with E-state index < -0.39 is 0 Å². The van der Waals surface area contributed by atoms with E-state index in [-0.39, 0.29) is 0 Å². The molecule has 0 saturated carbocycles. The van der Waals surface area contributed by atoms with E-state index in [9.17, 15) is 0 Å². The van der Waals surface area contributed by atoms with Crippen LogP contribution < -0.4 is 15.4 Å². The summed E-state index contributed by atoms with van der Waals surface area (Å²) in [4.78, 5) is 6.88. The molecule has 1 fully saturated rings. The summed E-state index contributed by atoms with van der Waals surface area (Å²) in [5.41, 5.74) is 1.35. The second kappa shape index (κ2) is 13.4. The van der Waals surface area contributed by atoms with E-state index in [4.69, 9.17) is 9.47 Å². The Bertz CT molecular complexity index is 581. The molecule has 0 amide bonds. The smallest absolute Gasteiger partial charge is 0.190 e. The first-order valence-corrected chi connectivity index (χ1v) is 11.0. The maximum absolute atomic E-state index is 5.62. The second-order valence-corrected chi connectivity index (χ2v) is 8.27. The molecular formula is C23H40N4O2. The van der Waals surface area contributed by atoms with Crippen LogP contribution in [-0.2, 0) is 11.3 Å². The van der Waals surface area contributed by atoms with Crippen LogP contribution in [0, 0.1) is 11.8 Å². The van der Waals surface area contributed by atoms with Crippen molar-refractivity contribution in [3.63, 3.8) is 0 Å². The van der Waals surface area contributed by atoms with Gasteiger partial charge in [0.05, 0.1) is 7.11 Å². The Kier molecular flexibility index (Phi) is 10.9. The van der Waals surface area contributed by atoms with Gasteiger partial charge in [-0.05, 0) is 61.9 Å². The highest BCUT2D eigenvalue weighted by molar-refractivity contribution is 5.79. The van der Waals surface area contributed by atoms with Gasteiger partial charge in [0.15, 0.2) is 5.96 Å². The minimum atomic E-state index is 0.597. The highest BCUT2D eigenvalue weighted by atomic mass is 16.5. The van der Waals surface area contributed by atoms with Crippen LogP contribution in [0.25, 0.3) is 0 Å². The van der Waals surface area contributed by atoms with E-state index in [0.29, 0.717) is 11.8 Å². The number of aliphatic imine (C=N–C) groups is 1. The number of ether oxygens (including phenoxy) is 2. The molecule has 0 radical (unpaired) electrons. The van der Waals surface area contributed by atoms with Crippen molar-refractivity contribution in [3.05, 3.63) is 29.8 Å². The van der Waals surface area contributed by atoms with Crippen molar-refractivity contribution in [2.75, 3.05) is 53.6 Å². The van der Waals surface area contributed by atoms with Gasteiger partial charge < -0.3 is 20.1 Å². The number of methoxy groups -OCH3 is 1. The highest BCUT2D eigenvalue weighted by Gasteiger charge is 2.19. The van der Waals surface area contributed by atoms with Gasteiger partial charge in [-0.15, -0.1) is 0 Å². The normalized spacial score (nSPS) is 16.2. The summed E-state index contributed by atoms with van der Waals surface area (Å²) in [6.45, 7) is 11.2. The van der Waals surface area contributed by atoms with Gasteiger partial charge in [-0.25, -0.2) is 0 Å². The molecule has 0 bridgehead atoms. The Morgan fingerprint density at radius 2 is 1.90 bits per heavy atom. The molecule has 164 valence electrons. The number of hydrogen-bond acceptors (Lipinski definition) is 4. The molecule has 1 aliphatic rings. The molecule has 29 heavy (non-hydrogen) atoms. The third-order valence-electron chi connectivity index (χ3n) is 5.26. The van der Waals surface area contributed by atoms with Crippen molar-refractivity contribution in [2.24, 2.45) is 16.8 Å². The lowest BCUT2D eigenvalue weighted by Crippen LogP contribution is -2.43. The third kappa shape index (κ3) is 9.50. The van der Waals surface area contributed by atoms with E-state index in [0.717, 1.165) is 64.1 Å². The standard InChI is InChI=1S/C23H40N4O2/c1-19(2)18-29-15-5-12-25-23(24-3)26-16-20-10-13-27(14-11-20)17-21-6-8-22(28-4)9-7-21/h6-9,19-20H,5,10-18H2,1-4H3,(H2,24,25,26). The van der Waals surface area contributed by atoms with Crippen molar-refractivity contribution >= 4 is 5.96 Å². The van der Waals surface area contributed by atoms with Crippen molar-refractivity contribution < 1.29 is 9.47 Å². The van der Waals surface area contributed by atoms with Crippen molar-refractivity contribution in [2.45, 2.75) is 39.7 Å². The van der Waals surface area contributed by atoms with Crippen molar-refractivity contribution in [1.82, 2.24) is 15.5 Å². The molecule has 0 atom stereocenters. The zero-order valence-corrected chi connectivity index (χ0v) is 18.7. The molecule has 1 saturated heterocycles. The first-order valence-electron chi connectivity index (χ1n) is 11.0. The first kappa shape index (κ1) is 23.5. The molecule has 0 aliphatic carbocycles. The lowest BCUT2D eigenvalue weighted by atomic mass is 9.96. The summed E-state index contributed by atoms with van der Waals surface area (Å²) in [5, 5.41) is 6.88. The number of likely N-dealkylation sites (tertiary alicyclic amines) is 1. The van der Waals surface area contributed by atoms with E-state index >= 15 is 0 Å². The van der Waals surface area contributed by atoms with Gasteiger partial charge in [0.25, 0.3) is 0 Å². The van der Waals surface area contributed by atoms with Crippen molar-refractivity contribution in [3.8, 4) is 5.75 Å². The molecule has 6 nitrogen and oxygen atoms in total. The fraction of sp³-hybridized carbons (Fsp3) is 0.696. The molecule has 1 aliphatic heterocycles. The Hall–Kier alpha value is -1.79. The number of piperidine rings is 1. The molecule has 0 aromatic heterocycles. The lowest BCUT2D eigenvalue weighted by molar-refractivity contribution is 0.108. The molecule has 2 rings (SSSR count). The lowest BCUT2D eigenvalue weighted by Gasteiger charge is -2.32. The zero-order chi connectivity index (χ0) is 20.9. The van der Waals surface area contributed by atoms with Gasteiger partial charge in [-0.2, -0.15) is 0 Å². The van der Waals surface area contributed by atoms with E-state index in [1.54, 1.807) is 7.11 Å². The van der Waals surface area contributed by atoms with E-state index in [1.807, 2.05) is 19.2 Å². The van der Waals surface area contributed by atoms with Gasteiger partial charge >= 0.3 is 0 Å². The summed E-state index contributed by atoms with van der Waals surface area (Å²) in [6.07, 6.45) is 3.45. The fourth-order valence-corrected chi connectivity index (χ4v) is 3.50. The molecule has 6 heteroatoms. The predicted molar refractivity (Wildman–Crippen MR) is 121 cm³/mol. The number of nitrogens with one attached hydrogen (secondary N) is 2. The minimum absolute atomic E-state index is 0.597. The Balaban J connectivity index is 1.58. The monoisotopic (exact) mass is 404 g/mol. The molecule has 1 aromatic rings. The predicted octanol–water partition coefficient (Wildman–Crippen LogP) is 3.13. The van der Waals surface area contributed by atoms with Crippen LogP contribution >= 0.6 is 0 Å². The average molecular weight is 405 g/mol. The second-order valence-electron chi connectivity index (χ2n) is 8.27. The Morgan fingerprint density at radius 1 is 1.17 bits per heavy atom. The van der Waals surface area contributed by atoms with Crippen LogP contribution in [0.1, 0.15) is 38.7 Å². The number of benzene rings is 1. The maximum atomic E-state index is 5.62. The van der Waals surface area contributed by atoms with Crippen LogP contribution in [0.3, 0.4) is 0 Å². The number of hydrogen-bond donors (Lipinski definition) is 2. The third-order valence-corrected chi connectivity index (χ3v) is 5.26. The van der Waals surface area contributed by atoms with Gasteiger partial charge in [0.2, 0.25) is 0 Å². The van der Waals surface area contributed by atoms with Crippen LogP contribution in [0.2, 0.25) is 0 Å². The zero-order valence-electron chi connectivity index (χ0n) is 18.7. The maximum Gasteiger partial charge on any atom is 0.190 e. The van der Waals surface area contributed by atoms with Gasteiger partial charge in [0, 0.05) is 39.9 Å². The first-order chi connectivity index (χ1) is 14.1. The number of rotatable bonds is 11. The summed E-state index contributed by atoms with van der Waals surface area (Å²) < 4.78 is 10.9. The number of nitrogens with zero attached hydrogens (tertiary/aromatic N) is 2. The van der Waals surface area contributed by atoms with Crippen LogP contribution in [0.4, 0.5) is 0 Å². The van der Waals surface area contributed by atoms with Crippen LogP contribution in [0.15, 0.2) is 29.3 Å². The van der Waals surface area contributed by atoms with E-state index in [2.05, 4.69) is 46.5 Å². The highest BCUT2D eigenvalue weighted by Crippen LogP contribution is 2.19. The molecule has 1 heterocycles. The fourth-order valence-electron chi connectivity index (χ4n) is 3.50. The molecular weight excluding hydrogens is 364 g/mol. The minimum Gasteiger partial charge on any atom is -0.497 e. The van der Waals surface area contributed by atoms with Crippen molar-refractivity contribution in [1.29, 1.82) is 0 Å². The van der Waals surface area contributed by atoms with Gasteiger partial charge in [0.1, 0.15) is 5.75 Å². The summed E-state index contributed by atoms with van der Waals surface area (Å²) in [6, 6.07) is 8.41. The number of guanidine groups is 1. The Labute approximate surface area is 177 Å². The summed E-state index contributed by atoms with van der Waals surface area (Å²) in [7, 11) is 3.54. The largest absolute Gasteiger partial charge is 0.497 e. The SMILES string of the molecule is CN=C(NCCCOCC(C)C)NCC1CCN(Cc2ccc(OC)cc2)CC1. The van der Waals surface area contributed by atoms with Crippen LogP contribution in [-0.4, -0.2) is 64.4 Å². The molecule has 0 unspecified atom stereocenters. The van der Waals surface area contributed by atoms with Crippen LogP contribution in [0.5, 0.6) is 5.75 Å². The van der Waals surface area contributed by atoms with Gasteiger partial charge in [-0.3, -0.25) is 9.89 Å². The quantitative estimate of drug-likeness (QED) is 0.337. The summed E-state index contributed by atoms with van der Waals surface area (Å²) >= 11 is 0. The summed E-state index contributed by atoms with van der Waals surface area (Å²) in [5.74, 6) is 3.12.